The highest BCUT2D eigenvalue weighted by molar-refractivity contribution is 5.41. The van der Waals surface area contributed by atoms with Crippen LogP contribution in [-0.2, 0) is 0 Å². The van der Waals surface area contributed by atoms with Crippen LogP contribution in [0.4, 0.5) is 10.1 Å². The van der Waals surface area contributed by atoms with Gasteiger partial charge in [-0.15, -0.1) is 0 Å². The fourth-order valence-electron chi connectivity index (χ4n) is 1.55. The third-order valence-electron chi connectivity index (χ3n) is 2.42. The Kier molecular flexibility index (Phi) is 2.88. The second kappa shape index (κ2) is 4.33. The van der Waals surface area contributed by atoms with Crippen molar-refractivity contribution in [2.45, 2.75) is 6.10 Å². The molecule has 16 heavy (non-hydrogen) atoms. The normalized spacial score (nSPS) is 12.4. The van der Waals surface area contributed by atoms with Gasteiger partial charge in [-0.05, 0) is 35.4 Å². The highest BCUT2D eigenvalue weighted by atomic mass is 19.1. The molecule has 2 rings (SSSR count). The number of halogens is 1. The molecule has 0 saturated carbocycles. The Balaban J connectivity index is 2.31. The zero-order chi connectivity index (χ0) is 11.5. The van der Waals surface area contributed by atoms with Crippen molar-refractivity contribution in [1.82, 2.24) is 0 Å². The van der Waals surface area contributed by atoms with Crippen LogP contribution in [0.2, 0.25) is 0 Å². The van der Waals surface area contributed by atoms with Crippen molar-refractivity contribution in [3.63, 3.8) is 0 Å². The minimum absolute atomic E-state index is 0.355. The standard InChI is InChI=1S/C13H12FNO/c14-11-3-1-2-10(8-11)13(16)9-4-6-12(15)7-5-9/h1-8,13,16H,15H2. The average Bonchev–Trinajstić information content (AvgIpc) is 2.29. The molecule has 0 aliphatic rings. The summed E-state index contributed by atoms with van der Waals surface area (Å²) >= 11 is 0. The number of aliphatic hydroxyl groups is 1. The van der Waals surface area contributed by atoms with Crippen LogP contribution in [0.3, 0.4) is 0 Å². The first-order valence-electron chi connectivity index (χ1n) is 4.96. The van der Waals surface area contributed by atoms with E-state index in [4.69, 9.17) is 5.73 Å². The molecule has 82 valence electrons. The van der Waals surface area contributed by atoms with E-state index in [0.717, 1.165) is 0 Å². The van der Waals surface area contributed by atoms with E-state index in [1.165, 1.54) is 12.1 Å². The van der Waals surface area contributed by atoms with Crippen LogP contribution in [-0.4, -0.2) is 5.11 Å². The van der Waals surface area contributed by atoms with Gasteiger partial charge in [0.1, 0.15) is 11.9 Å². The first-order chi connectivity index (χ1) is 7.66. The van der Waals surface area contributed by atoms with Crippen LogP contribution in [0.5, 0.6) is 0 Å². The fraction of sp³-hybridized carbons (Fsp3) is 0.0769. The molecule has 0 fully saturated rings. The summed E-state index contributed by atoms with van der Waals surface area (Å²) < 4.78 is 13.0. The number of nitrogen functional groups attached to an aromatic ring is 1. The largest absolute Gasteiger partial charge is 0.399 e. The molecule has 0 saturated heterocycles. The SMILES string of the molecule is Nc1ccc(C(O)c2cccc(F)c2)cc1. The lowest BCUT2D eigenvalue weighted by molar-refractivity contribution is 0.220. The van der Waals surface area contributed by atoms with Gasteiger partial charge in [-0.2, -0.15) is 0 Å². The molecular formula is C13H12FNO. The first-order valence-corrected chi connectivity index (χ1v) is 4.96. The molecule has 2 aromatic rings. The van der Waals surface area contributed by atoms with E-state index in [1.54, 1.807) is 36.4 Å². The summed E-state index contributed by atoms with van der Waals surface area (Å²) in [5.74, 6) is -0.355. The first kappa shape index (κ1) is 10.6. The molecule has 0 radical (unpaired) electrons. The lowest BCUT2D eigenvalue weighted by Crippen LogP contribution is -2.00. The van der Waals surface area contributed by atoms with Gasteiger partial charge in [-0.1, -0.05) is 24.3 Å². The van der Waals surface area contributed by atoms with Crippen molar-refractivity contribution in [3.05, 3.63) is 65.5 Å². The van der Waals surface area contributed by atoms with Gasteiger partial charge < -0.3 is 10.8 Å². The van der Waals surface area contributed by atoms with E-state index < -0.39 is 6.10 Å². The monoisotopic (exact) mass is 217 g/mol. The van der Waals surface area contributed by atoms with Crippen molar-refractivity contribution < 1.29 is 9.50 Å². The van der Waals surface area contributed by atoms with Gasteiger partial charge in [0.05, 0.1) is 0 Å². The average molecular weight is 217 g/mol. The van der Waals surface area contributed by atoms with Crippen molar-refractivity contribution in [2.24, 2.45) is 0 Å². The Morgan fingerprint density at radius 2 is 1.69 bits per heavy atom. The number of nitrogens with two attached hydrogens (primary N) is 1. The zero-order valence-corrected chi connectivity index (χ0v) is 8.60. The number of hydrogen-bond acceptors (Lipinski definition) is 2. The summed E-state index contributed by atoms with van der Waals surface area (Å²) in [6.07, 6.45) is -0.823. The quantitative estimate of drug-likeness (QED) is 0.759. The van der Waals surface area contributed by atoms with Crippen molar-refractivity contribution in [1.29, 1.82) is 0 Å². The van der Waals surface area contributed by atoms with E-state index in [2.05, 4.69) is 0 Å². The molecule has 1 unspecified atom stereocenters. The van der Waals surface area contributed by atoms with E-state index in [1.807, 2.05) is 0 Å². The van der Waals surface area contributed by atoms with Crippen LogP contribution in [0, 0.1) is 5.82 Å². The van der Waals surface area contributed by atoms with Crippen LogP contribution in [0.25, 0.3) is 0 Å². The highest BCUT2D eigenvalue weighted by Gasteiger charge is 2.10. The van der Waals surface area contributed by atoms with Crippen LogP contribution in [0.15, 0.2) is 48.5 Å². The molecule has 0 aromatic heterocycles. The maximum atomic E-state index is 13.0. The Labute approximate surface area is 93.2 Å². The fourth-order valence-corrected chi connectivity index (χ4v) is 1.55. The molecule has 0 heterocycles. The number of aliphatic hydroxyl groups excluding tert-OH is 1. The van der Waals surface area contributed by atoms with E-state index in [9.17, 15) is 9.50 Å². The van der Waals surface area contributed by atoms with Crippen molar-refractivity contribution in [2.75, 3.05) is 5.73 Å². The topological polar surface area (TPSA) is 46.2 Å². The Bertz CT molecular complexity index is 482. The number of hydrogen-bond donors (Lipinski definition) is 2. The van der Waals surface area contributed by atoms with Gasteiger partial charge in [0.15, 0.2) is 0 Å². The summed E-state index contributed by atoms with van der Waals surface area (Å²) in [5.41, 5.74) is 7.41. The highest BCUT2D eigenvalue weighted by Crippen LogP contribution is 2.22. The molecule has 3 N–H and O–H groups in total. The Morgan fingerprint density at radius 3 is 2.31 bits per heavy atom. The molecule has 3 heteroatoms. The van der Waals surface area contributed by atoms with Gasteiger partial charge in [0, 0.05) is 5.69 Å². The third-order valence-corrected chi connectivity index (χ3v) is 2.42. The minimum atomic E-state index is -0.823. The molecule has 2 nitrogen and oxygen atoms in total. The maximum Gasteiger partial charge on any atom is 0.123 e. The number of rotatable bonds is 2. The summed E-state index contributed by atoms with van der Waals surface area (Å²) in [5, 5.41) is 10.00. The summed E-state index contributed by atoms with van der Waals surface area (Å²) in [6.45, 7) is 0. The van der Waals surface area contributed by atoms with Gasteiger partial charge in [-0.3, -0.25) is 0 Å². The summed E-state index contributed by atoms with van der Waals surface area (Å²) in [7, 11) is 0. The second-order valence-corrected chi connectivity index (χ2v) is 3.62. The van der Waals surface area contributed by atoms with Crippen molar-refractivity contribution in [3.8, 4) is 0 Å². The van der Waals surface area contributed by atoms with Gasteiger partial charge in [0.2, 0.25) is 0 Å². The number of benzene rings is 2. The third kappa shape index (κ3) is 2.20. The van der Waals surface area contributed by atoms with Crippen LogP contribution >= 0.6 is 0 Å². The zero-order valence-electron chi connectivity index (χ0n) is 8.60. The smallest absolute Gasteiger partial charge is 0.123 e. The molecule has 2 aromatic carbocycles. The van der Waals surface area contributed by atoms with E-state index in [0.29, 0.717) is 16.8 Å². The molecule has 0 aliphatic carbocycles. The molecule has 0 spiro atoms. The van der Waals surface area contributed by atoms with Gasteiger partial charge >= 0.3 is 0 Å². The van der Waals surface area contributed by atoms with Gasteiger partial charge in [0.25, 0.3) is 0 Å². The molecule has 0 aliphatic heterocycles. The number of anilines is 1. The minimum Gasteiger partial charge on any atom is -0.399 e. The molecule has 0 bridgehead atoms. The maximum absolute atomic E-state index is 13.0. The van der Waals surface area contributed by atoms with Crippen LogP contribution in [0.1, 0.15) is 17.2 Å². The molecular weight excluding hydrogens is 205 g/mol. The van der Waals surface area contributed by atoms with E-state index in [-0.39, 0.29) is 5.82 Å². The second-order valence-electron chi connectivity index (χ2n) is 3.62. The molecule has 0 amide bonds. The van der Waals surface area contributed by atoms with E-state index >= 15 is 0 Å². The molecule has 1 atom stereocenters. The Morgan fingerprint density at radius 1 is 1.00 bits per heavy atom. The predicted molar refractivity (Wildman–Crippen MR) is 61.3 cm³/mol. The summed E-state index contributed by atoms with van der Waals surface area (Å²) in [4.78, 5) is 0. The van der Waals surface area contributed by atoms with Gasteiger partial charge in [-0.25, -0.2) is 4.39 Å². The lowest BCUT2D eigenvalue weighted by atomic mass is 10.0. The van der Waals surface area contributed by atoms with Crippen LogP contribution < -0.4 is 5.73 Å². The predicted octanol–water partition coefficient (Wildman–Crippen LogP) is 2.49. The summed E-state index contributed by atoms with van der Waals surface area (Å²) in [6, 6.07) is 12.8. The van der Waals surface area contributed by atoms with Crippen molar-refractivity contribution >= 4 is 5.69 Å². The lowest BCUT2D eigenvalue weighted by Gasteiger charge is -2.11. The Hall–Kier alpha value is -1.87.